The second kappa shape index (κ2) is 15.7. The fourth-order valence-corrected chi connectivity index (χ4v) is 7.46. The Balaban J connectivity index is 1.07. The Bertz CT molecular complexity index is 1820. The molecule has 7 rings (SSSR count). The summed E-state index contributed by atoms with van der Waals surface area (Å²) in [5, 5.41) is 6.25. The van der Waals surface area contributed by atoms with Gasteiger partial charge < -0.3 is 14.4 Å². The van der Waals surface area contributed by atoms with E-state index in [0.717, 1.165) is 79.9 Å². The van der Waals surface area contributed by atoms with Gasteiger partial charge in [0.1, 0.15) is 5.60 Å². The molecule has 0 bridgehead atoms. The number of hydrogen-bond donors (Lipinski definition) is 0. The summed E-state index contributed by atoms with van der Waals surface area (Å²) >= 11 is 0. The molecule has 9 heteroatoms. The largest absolute Gasteiger partial charge is 0.444 e. The summed E-state index contributed by atoms with van der Waals surface area (Å²) in [6.07, 6.45) is 13.1. The van der Waals surface area contributed by atoms with Gasteiger partial charge in [-0.15, -0.1) is 0 Å². The monoisotopic (exact) mass is 690 g/mol. The summed E-state index contributed by atoms with van der Waals surface area (Å²) in [5.41, 5.74) is 8.71. The van der Waals surface area contributed by atoms with Gasteiger partial charge in [-0.3, -0.25) is 14.8 Å². The van der Waals surface area contributed by atoms with E-state index >= 15 is 0 Å². The number of benzene rings is 2. The minimum absolute atomic E-state index is 0.0440. The van der Waals surface area contributed by atoms with Crippen LogP contribution in [0.4, 0.5) is 4.79 Å². The van der Waals surface area contributed by atoms with E-state index in [2.05, 4.69) is 82.1 Å². The van der Waals surface area contributed by atoms with E-state index in [4.69, 9.17) is 19.6 Å². The zero-order chi connectivity index (χ0) is 35.4. The lowest BCUT2D eigenvalue weighted by atomic mass is 9.98. The summed E-state index contributed by atoms with van der Waals surface area (Å²) < 4.78 is 13.9. The van der Waals surface area contributed by atoms with Gasteiger partial charge in [-0.05, 0) is 125 Å². The van der Waals surface area contributed by atoms with Gasteiger partial charge in [-0.25, -0.2) is 9.48 Å². The first-order valence-corrected chi connectivity index (χ1v) is 19.0. The van der Waals surface area contributed by atoms with Crippen molar-refractivity contribution in [2.24, 2.45) is 0 Å². The van der Waals surface area contributed by atoms with Crippen molar-refractivity contribution in [1.29, 1.82) is 0 Å². The van der Waals surface area contributed by atoms with Gasteiger partial charge >= 0.3 is 6.09 Å². The number of hydrogen-bond acceptors (Lipinski definition) is 7. The number of nitrogens with zero attached hydrogens (tertiary/aromatic N) is 6. The summed E-state index contributed by atoms with van der Waals surface area (Å²) in [7, 11) is 0. The molecule has 1 atom stereocenters. The summed E-state index contributed by atoms with van der Waals surface area (Å²) in [4.78, 5) is 24.1. The maximum absolute atomic E-state index is 12.5. The fraction of sp³-hybridized carbons (Fsp3) is 0.500. The van der Waals surface area contributed by atoms with Crippen LogP contribution in [0.2, 0.25) is 0 Å². The average molecular weight is 691 g/mol. The maximum atomic E-state index is 12.5. The molecule has 270 valence electrons. The number of amides is 1. The van der Waals surface area contributed by atoms with Gasteiger partial charge in [0.15, 0.2) is 6.23 Å². The molecule has 4 aromatic rings. The van der Waals surface area contributed by atoms with Crippen LogP contribution in [0, 0.1) is 6.92 Å². The van der Waals surface area contributed by atoms with Crippen LogP contribution in [0.1, 0.15) is 93.6 Å². The third kappa shape index (κ3) is 8.88. The Morgan fingerprint density at radius 1 is 0.863 bits per heavy atom. The Morgan fingerprint density at radius 2 is 1.63 bits per heavy atom. The number of piperazine rings is 1. The molecule has 0 saturated carbocycles. The number of carbonyl (C=O) groups is 1. The maximum Gasteiger partial charge on any atom is 0.410 e. The Morgan fingerprint density at radius 3 is 2.33 bits per heavy atom. The summed E-state index contributed by atoms with van der Waals surface area (Å²) in [6.45, 7) is 15.9. The summed E-state index contributed by atoms with van der Waals surface area (Å²) in [6, 6.07) is 17.8. The first kappa shape index (κ1) is 35.4. The standard InChI is InChI=1S/C42H54N6O3/c1-31-26-33(13-14-35(31)29-46-21-23-47(24-22-46)41(49)51-42(2,3)4)34-15-18-39-37(27-34)38(44-48(39)40-10-6-9-25-50-40)17-12-32-11-16-36(43-28-32)30-45-19-7-5-8-20-45/h11-18,26-28,40H,5-10,19-25,29-30H2,1-4H3/b17-12+. The van der Waals surface area contributed by atoms with E-state index in [0.29, 0.717) is 13.1 Å². The number of pyridine rings is 1. The predicted octanol–water partition coefficient (Wildman–Crippen LogP) is 8.31. The molecular formula is C42H54N6O3. The second-order valence-corrected chi connectivity index (χ2v) is 15.5. The molecule has 1 amide bonds. The molecule has 2 aromatic carbocycles. The van der Waals surface area contributed by atoms with Gasteiger partial charge in [0.05, 0.1) is 16.9 Å². The normalized spacial score (nSPS) is 19.6. The molecule has 9 nitrogen and oxygen atoms in total. The third-order valence-electron chi connectivity index (χ3n) is 10.4. The lowest BCUT2D eigenvalue weighted by Gasteiger charge is -2.35. The molecule has 51 heavy (non-hydrogen) atoms. The number of rotatable bonds is 8. The van der Waals surface area contributed by atoms with Crippen molar-refractivity contribution in [2.75, 3.05) is 45.9 Å². The molecule has 0 spiro atoms. The van der Waals surface area contributed by atoms with Crippen LogP contribution in [0.5, 0.6) is 0 Å². The van der Waals surface area contributed by atoms with Gasteiger partial charge in [-0.2, -0.15) is 5.10 Å². The van der Waals surface area contributed by atoms with Crippen molar-refractivity contribution in [2.45, 2.75) is 91.1 Å². The van der Waals surface area contributed by atoms with Crippen LogP contribution in [0.15, 0.2) is 54.7 Å². The highest BCUT2D eigenvalue weighted by molar-refractivity contribution is 5.93. The molecule has 1 unspecified atom stereocenters. The first-order valence-electron chi connectivity index (χ1n) is 19.0. The van der Waals surface area contributed by atoms with Crippen LogP contribution in [-0.4, -0.2) is 87.0 Å². The zero-order valence-electron chi connectivity index (χ0n) is 30.9. The summed E-state index contributed by atoms with van der Waals surface area (Å²) in [5.74, 6) is 0. The first-order chi connectivity index (χ1) is 24.7. The van der Waals surface area contributed by atoms with Crippen LogP contribution >= 0.6 is 0 Å². The zero-order valence-corrected chi connectivity index (χ0v) is 30.9. The van der Waals surface area contributed by atoms with Gasteiger partial charge in [0, 0.05) is 57.5 Å². The van der Waals surface area contributed by atoms with Gasteiger partial charge in [-0.1, -0.05) is 42.8 Å². The van der Waals surface area contributed by atoms with Crippen molar-refractivity contribution in [1.82, 2.24) is 29.5 Å². The highest BCUT2D eigenvalue weighted by Crippen LogP contribution is 2.33. The number of likely N-dealkylation sites (tertiary alicyclic amines) is 1. The van der Waals surface area contributed by atoms with Crippen LogP contribution in [0.3, 0.4) is 0 Å². The van der Waals surface area contributed by atoms with Crippen molar-refractivity contribution in [3.8, 4) is 11.1 Å². The number of aromatic nitrogens is 3. The van der Waals surface area contributed by atoms with Crippen molar-refractivity contribution in [3.05, 3.63) is 82.8 Å². The van der Waals surface area contributed by atoms with Crippen molar-refractivity contribution < 1.29 is 14.3 Å². The van der Waals surface area contributed by atoms with Crippen LogP contribution < -0.4 is 0 Å². The van der Waals surface area contributed by atoms with E-state index in [-0.39, 0.29) is 12.3 Å². The van der Waals surface area contributed by atoms with Crippen molar-refractivity contribution >= 4 is 29.1 Å². The molecule has 3 saturated heterocycles. The SMILES string of the molecule is Cc1cc(-c2ccc3c(c2)c(/C=C/c2ccc(CN4CCCCC4)nc2)nn3C2CCCCO2)ccc1CN1CCN(C(=O)OC(C)(C)C)CC1. The highest BCUT2D eigenvalue weighted by Gasteiger charge is 2.26. The smallest absolute Gasteiger partial charge is 0.410 e. The number of aryl methyl sites for hydroxylation is 1. The molecule has 3 aliphatic rings. The number of carbonyl (C=O) groups excluding carboxylic acids is 1. The Labute approximate surface area is 303 Å². The van der Waals surface area contributed by atoms with E-state index in [1.165, 1.54) is 54.6 Å². The van der Waals surface area contributed by atoms with Crippen LogP contribution in [-0.2, 0) is 22.6 Å². The Kier molecular flexibility index (Phi) is 10.9. The molecule has 0 N–H and O–H groups in total. The molecule has 3 aliphatic heterocycles. The van der Waals surface area contributed by atoms with E-state index in [9.17, 15) is 4.79 Å². The minimum atomic E-state index is -0.475. The molecule has 0 aliphatic carbocycles. The molecule has 2 aromatic heterocycles. The molecular weight excluding hydrogens is 637 g/mol. The molecule has 3 fully saturated rings. The van der Waals surface area contributed by atoms with E-state index < -0.39 is 5.60 Å². The topological polar surface area (TPSA) is 76.0 Å². The number of fused-ring (bicyclic) bond motifs is 1. The highest BCUT2D eigenvalue weighted by atomic mass is 16.6. The molecule has 5 heterocycles. The molecule has 0 radical (unpaired) electrons. The lowest BCUT2D eigenvalue weighted by Crippen LogP contribution is -2.49. The quantitative estimate of drug-likeness (QED) is 0.184. The van der Waals surface area contributed by atoms with Crippen molar-refractivity contribution in [3.63, 3.8) is 0 Å². The third-order valence-corrected chi connectivity index (χ3v) is 10.4. The second-order valence-electron chi connectivity index (χ2n) is 15.5. The predicted molar refractivity (Wildman–Crippen MR) is 204 cm³/mol. The number of piperidine rings is 1. The lowest BCUT2D eigenvalue weighted by molar-refractivity contribution is -0.0367. The van der Waals surface area contributed by atoms with Gasteiger partial charge in [0.2, 0.25) is 0 Å². The van der Waals surface area contributed by atoms with Gasteiger partial charge in [0.25, 0.3) is 0 Å². The van der Waals surface area contributed by atoms with E-state index in [1.54, 1.807) is 0 Å². The minimum Gasteiger partial charge on any atom is -0.444 e. The Hall–Kier alpha value is -4.05. The van der Waals surface area contributed by atoms with Crippen LogP contribution in [0.25, 0.3) is 34.2 Å². The number of ether oxygens (including phenoxy) is 2. The van der Waals surface area contributed by atoms with E-state index in [1.807, 2.05) is 31.9 Å². The fourth-order valence-electron chi connectivity index (χ4n) is 7.46. The average Bonchev–Trinajstić information content (AvgIpc) is 3.50.